The number of aromatic nitrogens is 2. The zero-order valence-corrected chi connectivity index (χ0v) is 17.5. The molecule has 0 radical (unpaired) electrons. The predicted molar refractivity (Wildman–Crippen MR) is 115 cm³/mol. The first kappa shape index (κ1) is 19.2. The van der Waals surface area contributed by atoms with Gasteiger partial charge < -0.3 is 24.8 Å². The van der Waals surface area contributed by atoms with Crippen molar-refractivity contribution in [2.75, 3.05) is 30.1 Å². The summed E-state index contributed by atoms with van der Waals surface area (Å²) in [4.78, 5) is 23.5. The third-order valence-electron chi connectivity index (χ3n) is 5.37. The van der Waals surface area contributed by atoms with Crippen LogP contribution in [0.1, 0.15) is 18.4 Å². The average molecular weight is 447 g/mol. The molecule has 8 nitrogen and oxygen atoms in total. The fourth-order valence-corrected chi connectivity index (χ4v) is 4.80. The number of benzene rings is 1. The Balaban J connectivity index is 1.39. The van der Waals surface area contributed by atoms with Gasteiger partial charge in [0, 0.05) is 19.6 Å². The van der Waals surface area contributed by atoms with E-state index in [1.807, 2.05) is 29.2 Å². The fourth-order valence-electron chi connectivity index (χ4n) is 3.72. The van der Waals surface area contributed by atoms with Gasteiger partial charge in [0.15, 0.2) is 11.5 Å². The molecule has 1 saturated heterocycles. The molecule has 1 aromatic carbocycles. The van der Waals surface area contributed by atoms with E-state index in [1.54, 1.807) is 0 Å². The molecular formula is C20H19ClN4O4S. The molecule has 3 aromatic rings. The summed E-state index contributed by atoms with van der Waals surface area (Å²) in [5.74, 6) is 1.75. The summed E-state index contributed by atoms with van der Waals surface area (Å²) in [5, 5.41) is 13.5. The van der Waals surface area contributed by atoms with Crippen LogP contribution in [0.2, 0.25) is 4.34 Å². The Bertz CT molecular complexity index is 1110. The Morgan fingerprint density at radius 2 is 2.03 bits per heavy atom. The summed E-state index contributed by atoms with van der Waals surface area (Å²) < 4.78 is 11.5. The first-order valence-electron chi connectivity index (χ1n) is 9.64. The van der Waals surface area contributed by atoms with Crippen LogP contribution >= 0.6 is 22.9 Å². The SMILES string of the molecule is O=C(O)C1CCN(c2nc(NCc3ccc4c(c3)OCO4)c3cc(Cl)sc3n2)CC1. The van der Waals surface area contributed by atoms with Gasteiger partial charge in [-0.3, -0.25) is 4.79 Å². The second kappa shape index (κ2) is 7.81. The first-order chi connectivity index (χ1) is 14.6. The normalized spacial score (nSPS) is 16.2. The lowest BCUT2D eigenvalue weighted by Gasteiger charge is -2.30. The average Bonchev–Trinajstić information content (AvgIpc) is 3.37. The minimum atomic E-state index is -0.734. The van der Waals surface area contributed by atoms with Crippen molar-refractivity contribution in [2.24, 2.45) is 5.92 Å². The molecule has 0 atom stereocenters. The van der Waals surface area contributed by atoms with Crippen LogP contribution in [-0.4, -0.2) is 40.9 Å². The maximum absolute atomic E-state index is 11.2. The topological polar surface area (TPSA) is 96.8 Å². The van der Waals surface area contributed by atoms with Crippen LogP contribution in [0.5, 0.6) is 11.5 Å². The second-order valence-electron chi connectivity index (χ2n) is 7.28. The molecule has 0 bridgehead atoms. The van der Waals surface area contributed by atoms with E-state index in [0.29, 0.717) is 48.6 Å². The molecule has 156 valence electrons. The molecule has 4 heterocycles. The molecule has 0 saturated carbocycles. The molecule has 0 aliphatic carbocycles. The Hall–Kier alpha value is -2.78. The van der Waals surface area contributed by atoms with Gasteiger partial charge in [0.25, 0.3) is 0 Å². The largest absolute Gasteiger partial charge is 0.481 e. The number of anilines is 2. The van der Waals surface area contributed by atoms with Crippen LogP contribution in [0.15, 0.2) is 24.3 Å². The predicted octanol–water partition coefficient (Wildman–Crippen LogP) is 3.99. The minimum Gasteiger partial charge on any atom is -0.481 e. The highest BCUT2D eigenvalue weighted by Crippen LogP contribution is 2.35. The highest BCUT2D eigenvalue weighted by molar-refractivity contribution is 7.22. The van der Waals surface area contributed by atoms with Crippen molar-refractivity contribution in [3.63, 3.8) is 0 Å². The summed E-state index contributed by atoms with van der Waals surface area (Å²) in [7, 11) is 0. The number of rotatable bonds is 5. The number of fused-ring (bicyclic) bond motifs is 2. The van der Waals surface area contributed by atoms with Gasteiger partial charge in [0.1, 0.15) is 10.6 Å². The highest BCUT2D eigenvalue weighted by atomic mass is 35.5. The van der Waals surface area contributed by atoms with E-state index in [0.717, 1.165) is 27.3 Å². The summed E-state index contributed by atoms with van der Waals surface area (Å²) in [6.07, 6.45) is 1.17. The Kier molecular flexibility index (Phi) is 5.00. The van der Waals surface area contributed by atoms with Crippen molar-refractivity contribution in [3.8, 4) is 11.5 Å². The van der Waals surface area contributed by atoms with Gasteiger partial charge in [-0.2, -0.15) is 4.98 Å². The maximum Gasteiger partial charge on any atom is 0.306 e. The van der Waals surface area contributed by atoms with Crippen LogP contribution < -0.4 is 19.7 Å². The summed E-state index contributed by atoms with van der Waals surface area (Å²) >= 11 is 7.65. The lowest BCUT2D eigenvalue weighted by Crippen LogP contribution is -2.37. The Labute approximate surface area is 181 Å². The smallest absolute Gasteiger partial charge is 0.306 e. The minimum absolute atomic E-state index is 0.244. The van der Waals surface area contributed by atoms with Gasteiger partial charge in [0.2, 0.25) is 12.7 Å². The van der Waals surface area contributed by atoms with Crippen molar-refractivity contribution in [1.29, 1.82) is 0 Å². The van der Waals surface area contributed by atoms with Gasteiger partial charge in [-0.15, -0.1) is 11.3 Å². The number of nitrogens with zero attached hydrogens (tertiary/aromatic N) is 3. The summed E-state index contributed by atoms with van der Waals surface area (Å²) in [6, 6.07) is 7.70. The molecule has 2 aliphatic heterocycles. The Morgan fingerprint density at radius 1 is 1.23 bits per heavy atom. The highest BCUT2D eigenvalue weighted by Gasteiger charge is 2.26. The molecule has 2 aromatic heterocycles. The number of halogens is 1. The number of aliphatic carboxylic acids is 1. The van der Waals surface area contributed by atoms with Gasteiger partial charge >= 0.3 is 5.97 Å². The van der Waals surface area contributed by atoms with E-state index < -0.39 is 5.97 Å². The first-order valence-corrected chi connectivity index (χ1v) is 10.8. The number of hydrogen-bond donors (Lipinski definition) is 2. The zero-order chi connectivity index (χ0) is 20.7. The molecule has 5 rings (SSSR count). The number of piperidine rings is 1. The third kappa shape index (κ3) is 3.70. The quantitative estimate of drug-likeness (QED) is 0.607. The number of carboxylic acids is 1. The lowest BCUT2D eigenvalue weighted by atomic mass is 9.97. The van der Waals surface area contributed by atoms with E-state index in [9.17, 15) is 9.90 Å². The number of nitrogens with one attached hydrogen (secondary N) is 1. The van der Waals surface area contributed by atoms with E-state index >= 15 is 0 Å². The molecule has 2 N–H and O–H groups in total. The van der Waals surface area contributed by atoms with Crippen molar-refractivity contribution in [1.82, 2.24) is 9.97 Å². The molecule has 0 amide bonds. The van der Waals surface area contributed by atoms with Gasteiger partial charge in [-0.1, -0.05) is 17.7 Å². The summed E-state index contributed by atoms with van der Waals surface area (Å²) in [5.41, 5.74) is 1.04. The number of thiophene rings is 1. The molecule has 2 aliphatic rings. The van der Waals surface area contributed by atoms with E-state index in [4.69, 9.17) is 26.1 Å². The van der Waals surface area contributed by atoms with Crippen molar-refractivity contribution >= 4 is 50.9 Å². The van der Waals surface area contributed by atoms with Crippen molar-refractivity contribution < 1.29 is 19.4 Å². The standard InChI is InChI=1S/C20H19ClN4O4S/c21-16-8-13-17(22-9-11-1-2-14-15(7-11)29-10-28-14)23-20(24-18(13)30-16)25-5-3-12(4-6-25)19(26)27/h1-2,7-8,12H,3-6,9-10H2,(H,26,27)(H,22,23,24). The molecule has 0 spiro atoms. The van der Waals surface area contributed by atoms with Gasteiger partial charge in [0.05, 0.1) is 15.6 Å². The number of hydrogen-bond acceptors (Lipinski definition) is 8. The number of ether oxygens (including phenoxy) is 2. The molecule has 0 unspecified atom stereocenters. The fraction of sp³-hybridized carbons (Fsp3) is 0.350. The van der Waals surface area contributed by atoms with Gasteiger partial charge in [-0.05, 0) is 36.6 Å². The van der Waals surface area contributed by atoms with E-state index in [-0.39, 0.29) is 12.7 Å². The summed E-state index contributed by atoms with van der Waals surface area (Å²) in [6.45, 7) is 2.02. The maximum atomic E-state index is 11.2. The lowest BCUT2D eigenvalue weighted by molar-refractivity contribution is -0.142. The molecule has 30 heavy (non-hydrogen) atoms. The number of carbonyl (C=O) groups is 1. The zero-order valence-electron chi connectivity index (χ0n) is 15.9. The van der Waals surface area contributed by atoms with E-state index in [2.05, 4.69) is 10.3 Å². The van der Waals surface area contributed by atoms with Crippen LogP contribution in [0, 0.1) is 5.92 Å². The third-order valence-corrected chi connectivity index (χ3v) is 6.53. The molecule has 1 fully saturated rings. The monoisotopic (exact) mass is 446 g/mol. The van der Waals surface area contributed by atoms with Crippen LogP contribution in [-0.2, 0) is 11.3 Å². The van der Waals surface area contributed by atoms with E-state index in [1.165, 1.54) is 11.3 Å². The van der Waals surface area contributed by atoms with Crippen molar-refractivity contribution in [3.05, 3.63) is 34.2 Å². The van der Waals surface area contributed by atoms with Crippen LogP contribution in [0.4, 0.5) is 11.8 Å². The van der Waals surface area contributed by atoms with Gasteiger partial charge in [-0.25, -0.2) is 4.98 Å². The number of carboxylic acid groups (broad SMARTS) is 1. The van der Waals surface area contributed by atoms with Crippen LogP contribution in [0.3, 0.4) is 0 Å². The van der Waals surface area contributed by atoms with Crippen molar-refractivity contribution in [2.45, 2.75) is 19.4 Å². The molecular weight excluding hydrogens is 428 g/mol. The van der Waals surface area contributed by atoms with Crippen LogP contribution in [0.25, 0.3) is 10.2 Å². The Morgan fingerprint density at radius 3 is 2.83 bits per heavy atom. The second-order valence-corrected chi connectivity index (χ2v) is 8.94. The molecule has 10 heteroatoms.